The smallest absolute Gasteiger partial charge is 0.428 e. The molecular weight excluding hydrogens is 526 g/mol. The van der Waals surface area contributed by atoms with Crippen molar-refractivity contribution >= 4 is 17.2 Å². The van der Waals surface area contributed by atoms with Crippen LogP contribution in [0.5, 0.6) is 5.75 Å². The van der Waals surface area contributed by atoms with Crippen molar-refractivity contribution < 1.29 is 48.6 Å². The monoisotopic (exact) mass is 538 g/mol. The number of fused-ring (bicyclic) bond motifs is 1. The van der Waals surface area contributed by atoms with Gasteiger partial charge in [-0.25, -0.2) is 9.97 Å². The summed E-state index contributed by atoms with van der Waals surface area (Å²) in [6.45, 7) is 0. The first-order chi connectivity index (χ1) is 17.1. The van der Waals surface area contributed by atoms with Crippen LogP contribution in [-0.2, 0) is 12.4 Å². The molecule has 1 N–H and O–H groups in total. The summed E-state index contributed by atoms with van der Waals surface area (Å²) in [6.07, 6.45) is -15.5. The third-order valence-electron chi connectivity index (χ3n) is 4.92. The van der Waals surface area contributed by atoms with Crippen molar-refractivity contribution in [1.82, 2.24) is 14.4 Å². The molecule has 0 atom stereocenters. The first-order valence-corrected chi connectivity index (χ1v) is 9.99. The molecule has 0 aliphatic rings. The summed E-state index contributed by atoms with van der Waals surface area (Å²) >= 11 is 0. The number of nitrogens with one attached hydrogen (secondary N) is 1. The van der Waals surface area contributed by atoms with E-state index in [0.29, 0.717) is 12.1 Å². The number of ether oxygens (including phenoxy) is 1. The molecule has 0 aliphatic carbocycles. The third kappa shape index (κ3) is 5.54. The molecule has 0 saturated carbocycles. The highest BCUT2D eigenvalue weighted by molar-refractivity contribution is 5.75. The van der Waals surface area contributed by atoms with Gasteiger partial charge in [0.25, 0.3) is 0 Å². The van der Waals surface area contributed by atoms with Crippen molar-refractivity contribution in [1.29, 1.82) is 0 Å². The topological polar surface area (TPSA) is 51.5 Å². The van der Waals surface area contributed by atoms with Crippen molar-refractivity contribution in [2.75, 3.05) is 5.32 Å². The highest BCUT2D eigenvalue weighted by atomic mass is 19.4. The summed E-state index contributed by atoms with van der Waals surface area (Å²) in [5, 5.41) is 2.67. The molecule has 2 aromatic heterocycles. The van der Waals surface area contributed by atoms with E-state index in [1.807, 2.05) is 0 Å². The van der Waals surface area contributed by atoms with Crippen LogP contribution in [0.25, 0.3) is 16.9 Å². The van der Waals surface area contributed by atoms with Gasteiger partial charge in [-0.1, -0.05) is 6.07 Å². The second kappa shape index (κ2) is 9.12. The van der Waals surface area contributed by atoms with Crippen LogP contribution in [0.1, 0.15) is 11.1 Å². The molecule has 0 unspecified atom stereocenters. The molecule has 0 saturated heterocycles. The molecule has 4 aromatic rings. The number of aromatic nitrogens is 3. The van der Waals surface area contributed by atoms with Crippen molar-refractivity contribution in [2.24, 2.45) is 0 Å². The second-order valence-electron chi connectivity index (χ2n) is 7.52. The zero-order valence-electron chi connectivity index (χ0n) is 17.9. The lowest BCUT2D eigenvalue weighted by Gasteiger charge is -2.17. The molecular formula is C22H12F10N4O. The zero-order valence-corrected chi connectivity index (χ0v) is 17.9. The maximum absolute atomic E-state index is 13.3. The molecule has 2 heterocycles. The van der Waals surface area contributed by atoms with Gasteiger partial charge >= 0.3 is 24.9 Å². The maximum atomic E-state index is 13.3. The number of alkyl halides is 10. The number of hydrogen-bond acceptors (Lipinski definition) is 4. The first kappa shape index (κ1) is 26.0. The Morgan fingerprint density at radius 1 is 0.838 bits per heavy atom. The average Bonchev–Trinajstić information content (AvgIpc) is 3.23. The van der Waals surface area contributed by atoms with Crippen LogP contribution < -0.4 is 10.1 Å². The lowest BCUT2D eigenvalue weighted by atomic mass is 10.0. The molecule has 0 spiro atoms. The van der Waals surface area contributed by atoms with Gasteiger partial charge in [0.15, 0.2) is 11.5 Å². The van der Waals surface area contributed by atoms with Crippen molar-refractivity contribution in [2.45, 2.75) is 24.9 Å². The van der Waals surface area contributed by atoms with E-state index in [1.165, 1.54) is 18.3 Å². The van der Waals surface area contributed by atoms with Crippen LogP contribution in [0.3, 0.4) is 0 Å². The Morgan fingerprint density at radius 2 is 1.49 bits per heavy atom. The predicted octanol–water partition coefficient (Wildman–Crippen LogP) is 7.41. The SMILES string of the molecule is FC(F)C(F)(F)Oc1cccc(Nc2nccn3c(-c4cc(C(F)(F)F)cc(C(F)(F)F)c4)cnc23)c1. The molecule has 0 aliphatic heterocycles. The third-order valence-corrected chi connectivity index (χ3v) is 4.92. The molecule has 4 rings (SSSR count). The maximum Gasteiger partial charge on any atom is 0.461 e. The summed E-state index contributed by atoms with van der Waals surface area (Å²) in [4.78, 5) is 8.00. The summed E-state index contributed by atoms with van der Waals surface area (Å²) in [7, 11) is 0. The Hall–Kier alpha value is -4.04. The highest BCUT2D eigenvalue weighted by Crippen LogP contribution is 2.39. The number of rotatable bonds is 6. The number of halogens is 10. The van der Waals surface area contributed by atoms with Crippen molar-refractivity contribution in [3.8, 4) is 17.0 Å². The van der Waals surface area contributed by atoms with Crippen LogP contribution in [-0.4, -0.2) is 26.9 Å². The fourth-order valence-electron chi connectivity index (χ4n) is 3.30. The molecule has 196 valence electrons. The Labute approximate surface area is 200 Å². The minimum Gasteiger partial charge on any atom is -0.428 e. The van der Waals surface area contributed by atoms with Crippen LogP contribution in [0.2, 0.25) is 0 Å². The van der Waals surface area contributed by atoms with Crippen LogP contribution in [0, 0.1) is 0 Å². The van der Waals surface area contributed by atoms with E-state index < -0.39 is 47.3 Å². The van der Waals surface area contributed by atoms with E-state index in [4.69, 9.17) is 0 Å². The standard InChI is InChI=1S/C22H12F10N4O/c23-19(24)22(31,32)37-15-3-1-2-14(9-15)35-17-18-34-10-16(36(18)5-4-33-17)11-6-12(20(25,26)27)8-13(7-11)21(28,29)30/h1-10,19H,(H,33,35). The van der Waals surface area contributed by atoms with Gasteiger partial charge in [-0.2, -0.15) is 43.9 Å². The largest absolute Gasteiger partial charge is 0.461 e. The molecule has 0 radical (unpaired) electrons. The van der Waals surface area contributed by atoms with E-state index in [9.17, 15) is 43.9 Å². The highest BCUT2D eigenvalue weighted by Gasteiger charge is 2.44. The van der Waals surface area contributed by atoms with E-state index in [-0.39, 0.29) is 28.9 Å². The van der Waals surface area contributed by atoms with Crippen molar-refractivity contribution in [3.05, 3.63) is 72.2 Å². The molecule has 0 fully saturated rings. The number of benzene rings is 2. The Bertz CT molecular complexity index is 1400. The average molecular weight is 538 g/mol. The van der Waals surface area contributed by atoms with Gasteiger partial charge < -0.3 is 10.1 Å². The Morgan fingerprint density at radius 3 is 2.08 bits per heavy atom. The first-order valence-electron chi connectivity index (χ1n) is 9.99. The molecule has 0 amide bonds. The number of nitrogens with zero attached hydrogens (tertiary/aromatic N) is 3. The summed E-state index contributed by atoms with van der Waals surface area (Å²) in [5.41, 5.74) is -3.62. The fourth-order valence-corrected chi connectivity index (χ4v) is 3.30. The van der Waals surface area contributed by atoms with Gasteiger partial charge in [0.1, 0.15) is 5.75 Å². The van der Waals surface area contributed by atoms with E-state index in [2.05, 4.69) is 20.0 Å². The molecule has 37 heavy (non-hydrogen) atoms. The lowest BCUT2D eigenvalue weighted by Crippen LogP contribution is -2.33. The second-order valence-corrected chi connectivity index (χ2v) is 7.52. The number of anilines is 2. The van der Waals surface area contributed by atoms with Gasteiger partial charge in [0.05, 0.1) is 23.0 Å². The van der Waals surface area contributed by atoms with E-state index in [0.717, 1.165) is 28.9 Å². The number of hydrogen-bond donors (Lipinski definition) is 1. The fraction of sp³-hybridized carbons (Fsp3) is 0.182. The summed E-state index contributed by atoms with van der Waals surface area (Å²) in [6, 6.07) is 5.56. The minimum absolute atomic E-state index is 0.00606. The predicted molar refractivity (Wildman–Crippen MR) is 110 cm³/mol. The quantitative estimate of drug-likeness (QED) is 0.260. The van der Waals surface area contributed by atoms with E-state index in [1.54, 1.807) is 0 Å². The van der Waals surface area contributed by atoms with E-state index >= 15 is 0 Å². The molecule has 15 heteroatoms. The number of imidazole rings is 1. The van der Waals surface area contributed by atoms with Crippen LogP contribution in [0.4, 0.5) is 55.4 Å². The van der Waals surface area contributed by atoms with Gasteiger partial charge in [0, 0.05) is 29.7 Å². The van der Waals surface area contributed by atoms with Gasteiger partial charge in [-0.05, 0) is 30.3 Å². The molecule has 5 nitrogen and oxygen atoms in total. The van der Waals surface area contributed by atoms with Gasteiger partial charge in [0.2, 0.25) is 0 Å². The minimum atomic E-state index is -5.06. The lowest BCUT2D eigenvalue weighted by molar-refractivity contribution is -0.253. The van der Waals surface area contributed by atoms with Gasteiger partial charge in [-0.15, -0.1) is 0 Å². The van der Waals surface area contributed by atoms with Crippen LogP contribution >= 0.6 is 0 Å². The van der Waals surface area contributed by atoms with Crippen molar-refractivity contribution in [3.63, 3.8) is 0 Å². The Kier molecular flexibility index (Phi) is 6.42. The van der Waals surface area contributed by atoms with Gasteiger partial charge in [-0.3, -0.25) is 4.40 Å². The molecule has 0 bridgehead atoms. The summed E-state index contributed by atoms with van der Waals surface area (Å²) < 4.78 is 136. The Balaban J connectivity index is 1.73. The normalized spacial score (nSPS) is 12.8. The summed E-state index contributed by atoms with van der Waals surface area (Å²) in [5.74, 6) is -0.690. The molecule has 2 aromatic carbocycles. The zero-order chi connectivity index (χ0) is 27.2. The van der Waals surface area contributed by atoms with Crippen LogP contribution in [0.15, 0.2) is 61.1 Å².